The van der Waals surface area contributed by atoms with Crippen molar-refractivity contribution in [1.29, 1.82) is 0 Å². The van der Waals surface area contributed by atoms with E-state index in [-0.39, 0.29) is 5.57 Å². The Labute approximate surface area is 72.7 Å². The topological polar surface area (TPSA) is 40.5 Å². The molecule has 0 aromatic heterocycles. The van der Waals surface area contributed by atoms with Crippen LogP contribution in [-0.4, -0.2) is 36.1 Å². The molecule has 0 amide bonds. The summed E-state index contributed by atoms with van der Waals surface area (Å²) in [4.78, 5) is 12.4. The lowest BCUT2D eigenvalue weighted by Gasteiger charge is -2.15. The molecule has 12 heavy (non-hydrogen) atoms. The third-order valence-electron chi connectivity index (χ3n) is 2.03. The second kappa shape index (κ2) is 3.72. The van der Waals surface area contributed by atoms with Crippen LogP contribution in [0.1, 0.15) is 12.8 Å². The fourth-order valence-electron chi connectivity index (χ4n) is 1.20. The molecule has 0 spiro atoms. The van der Waals surface area contributed by atoms with Crippen molar-refractivity contribution in [2.75, 3.05) is 20.1 Å². The van der Waals surface area contributed by atoms with Gasteiger partial charge in [0.2, 0.25) is 0 Å². The summed E-state index contributed by atoms with van der Waals surface area (Å²) in [5, 5.41) is 8.55. The van der Waals surface area contributed by atoms with E-state index in [0.29, 0.717) is 6.54 Å². The van der Waals surface area contributed by atoms with Gasteiger partial charge in [0.05, 0.1) is 0 Å². The SMILES string of the molecule is C=C(CN(C)CC1CC1)C(=O)O. The summed E-state index contributed by atoms with van der Waals surface area (Å²) in [5.74, 6) is -0.0887. The number of aliphatic carboxylic acids is 1. The average molecular weight is 169 g/mol. The monoisotopic (exact) mass is 169 g/mol. The Kier molecular flexibility index (Phi) is 2.87. The highest BCUT2D eigenvalue weighted by Gasteiger charge is 2.23. The van der Waals surface area contributed by atoms with Gasteiger partial charge >= 0.3 is 5.97 Å². The van der Waals surface area contributed by atoms with Crippen LogP contribution in [0.25, 0.3) is 0 Å². The third-order valence-corrected chi connectivity index (χ3v) is 2.03. The van der Waals surface area contributed by atoms with Crippen molar-refractivity contribution in [3.8, 4) is 0 Å². The van der Waals surface area contributed by atoms with E-state index in [2.05, 4.69) is 6.58 Å². The molecule has 0 bridgehead atoms. The van der Waals surface area contributed by atoms with Crippen LogP contribution in [0.4, 0.5) is 0 Å². The Morgan fingerprint density at radius 1 is 1.67 bits per heavy atom. The van der Waals surface area contributed by atoms with Crippen LogP contribution in [0.3, 0.4) is 0 Å². The molecule has 0 saturated heterocycles. The van der Waals surface area contributed by atoms with Crippen molar-refractivity contribution < 1.29 is 9.90 Å². The zero-order chi connectivity index (χ0) is 9.14. The van der Waals surface area contributed by atoms with Gasteiger partial charge in [-0.05, 0) is 25.8 Å². The molecule has 68 valence electrons. The van der Waals surface area contributed by atoms with Crippen molar-refractivity contribution >= 4 is 5.97 Å². The summed E-state index contributed by atoms with van der Waals surface area (Å²) in [6.07, 6.45) is 2.59. The number of carboxylic acid groups (broad SMARTS) is 1. The van der Waals surface area contributed by atoms with Gasteiger partial charge in [-0.1, -0.05) is 6.58 Å². The zero-order valence-electron chi connectivity index (χ0n) is 7.42. The minimum Gasteiger partial charge on any atom is -0.478 e. The van der Waals surface area contributed by atoms with Crippen molar-refractivity contribution in [1.82, 2.24) is 4.90 Å². The van der Waals surface area contributed by atoms with Gasteiger partial charge < -0.3 is 10.0 Å². The Balaban J connectivity index is 2.19. The molecular weight excluding hydrogens is 154 g/mol. The van der Waals surface area contributed by atoms with Crippen LogP contribution < -0.4 is 0 Å². The van der Waals surface area contributed by atoms with Gasteiger partial charge in [0.25, 0.3) is 0 Å². The Morgan fingerprint density at radius 2 is 2.25 bits per heavy atom. The minimum atomic E-state index is -0.891. The van der Waals surface area contributed by atoms with Crippen LogP contribution in [0, 0.1) is 5.92 Å². The Bertz CT molecular complexity index is 197. The Morgan fingerprint density at radius 3 is 2.67 bits per heavy atom. The maximum Gasteiger partial charge on any atom is 0.332 e. The molecule has 1 aliphatic carbocycles. The van der Waals surface area contributed by atoms with Crippen molar-refractivity contribution in [3.05, 3.63) is 12.2 Å². The minimum absolute atomic E-state index is 0.276. The molecule has 1 rings (SSSR count). The summed E-state index contributed by atoms with van der Waals surface area (Å²) < 4.78 is 0. The highest BCUT2D eigenvalue weighted by atomic mass is 16.4. The number of nitrogens with zero attached hydrogens (tertiary/aromatic N) is 1. The van der Waals surface area contributed by atoms with E-state index in [4.69, 9.17) is 5.11 Å². The molecule has 0 radical (unpaired) electrons. The van der Waals surface area contributed by atoms with Crippen LogP contribution in [0.15, 0.2) is 12.2 Å². The fraction of sp³-hybridized carbons (Fsp3) is 0.667. The maximum atomic E-state index is 10.4. The van der Waals surface area contributed by atoms with Crippen molar-refractivity contribution in [2.45, 2.75) is 12.8 Å². The number of carboxylic acids is 1. The quantitative estimate of drug-likeness (QED) is 0.623. The summed E-state index contributed by atoms with van der Waals surface area (Å²) >= 11 is 0. The summed E-state index contributed by atoms with van der Waals surface area (Å²) in [6.45, 7) is 4.96. The molecular formula is C9H15NO2. The summed E-state index contributed by atoms with van der Waals surface area (Å²) in [5.41, 5.74) is 0.276. The van der Waals surface area contributed by atoms with E-state index in [1.54, 1.807) is 0 Å². The number of carbonyl (C=O) groups is 1. The molecule has 1 N–H and O–H groups in total. The molecule has 3 nitrogen and oxygen atoms in total. The van der Waals surface area contributed by atoms with E-state index in [1.807, 2.05) is 11.9 Å². The van der Waals surface area contributed by atoms with Gasteiger partial charge in [-0.2, -0.15) is 0 Å². The number of hydrogen-bond donors (Lipinski definition) is 1. The summed E-state index contributed by atoms with van der Waals surface area (Å²) in [6, 6.07) is 0. The van der Waals surface area contributed by atoms with Gasteiger partial charge in [0.15, 0.2) is 0 Å². The van der Waals surface area contributed by atoms with Gasteiger partial charge in [0, 0.05) is 18.7 Å². The lowest BCUT2D eigenvalue weighted by atomic mass is 10.3. The highest BCUT2D eigenvalue weighted by molar-refractivity contribution is 5.86. The first-order chi connectivity index (χ1) is 5.59. The standard InChI is InChI=1S/C9H15NO2/c1-7(9(11)12)5-10(2)6-8-3-4-8/h8H,1,3-6H2,2H3,(H,11,12). The number of likely N-dealkylation sites (N-methyl/N-ethyl adjacent to an activating group) is 1. The molecule has 0 atom stereocenters. The van der Waals surface area contributed by atoms with Gasteiger partial charge in [-0.3, -0.25) is 0 Å². The molecule has 0 aromatic rings. The van der Waals surface area contributed by atoms with E-state index in [9.17, 15) is 4.79 Å². The van der Waals surface area contributed by atoms with E-state index < -0.39 is 5.97 Å². The smallest absolute Gasteiger partial charge is 0.332 e. The maximum absolute atomic E-state index is 10.4. The van der Waals surface area contributed by atoms with E-state index >= 15 is 0 Å². The Hall–Kier alpha value is -0.830. The third kappa shape index (κ3) is 3.05. The average Bonchev–Trinajstić information content (AvgIpc) is 2.71. The largest absolute Gasteiger partial charge is 0.478 e. The first kappa shape index (κ1) is 9.26. The normalized spacial score (nSPS) is 16.5. The number of hydrogen-bond acceptors (Lipinski definition) is 2. The van der Waals surface area contributed by atoms with Gasteiger partial charge in [-0.25, -0.2) is 4.79 Å². The number of rotatable bonds is 5. The lowest BCUT2D eigenvalue weighted by molar-refractivity contribution is -0.132. The second-order valence-electron chi connectivity index (χ2n) is 3.55. The first-order valence-electron chi connectivity index (χ1n) is 4.19. The first-order valence-corrected chi connectivity index (χ1v) is 4.19. The van der Waals surface area contributed by atoms with Crippen molar-refractivity contribution in [3.63, 3.8) is 0 Å². The fourth-order valence-corrected chi connectivity index (χ4v) is 1.20. The van der Waals surface area contributed by atoms with Gasteiger partial charge in [-0.15, -0.1) is 0 Å². The molecule has 1 fully saturated rings. The molecule has 3 heteroatoms. The summed E-state index contributed by atoms with van der Waals surface area (Å²) in [7, 11) is 1.94. The van der Waals surface area contributed by atoms with Crippen LogP contribution >= 0.6 is 0 Å². The highest BCUT2D eigenvalue weighted by Crippen LogP contribution is 2.29. The molecule has 1 saturated carbocycles. The van der Waals surface area contributed by atoms with E-state index in [1.165, 1.54) is 12.8 Å². The van der Waals surface area contributed by atoms with E-state index in [0.717, 1.165) is 12.5 Å². The predicted molar refractivity (Wildman–Crippen MR) is 47.0 cm³/mol. The molecule has 0 heterocycles. The van der Waals surface area contributed by atoms with Crippen LogP contribution in [0.2, 0.25) is 0 Å². The zero-order valence-corrected chi connectivity index (χ0v) is 7.42. The second-order valence-corrected chi connectivity index (χ2v) is 3.55. The van der Waals surface area contributed by atoms with Crippen LogP contribution in [-0.2, 0) is 4.79 Å². The van der Waals surface area contributed by atoms with Gasteiger partial charge in [0.1, 0.15) is 0 Å². The molecule has 0 aliphatic heterocycles. The van der Waals surface area contributed by atoms with Crippen molar-refractivity contribution in [2.24, 2.45) is 5.92 Å². The lowest BCUT2D eigenvalue weighted by Crippen LogP contribution is -2.25. The molecule has 0 unspecified atom stereocenters. The van der Waals surface area contributed by atoms with Crippen LogP contribution in [0.5, 0.6) is 0 Å². The molecule has 1 aliphatic rings. The molecule has 0 aromatic carbocycles. The predicted octanol–water partition coefficient (Wildman–Crippen LogP) is 0.969.